The second kappa shape index (κ2) is 6.80. The first-order valence-corrected chi connectivity index (χ1v) is 8.33. The van der Waals surface area contributed by atoms with Crippen LogP contribution in [0.5, 0.6) is 5.75 Å². The third-order valence-corrected chi connectivity index (χ3v) is 4.81. The molecule has 1 aromatic carbocycles. The number of methoxy groups -OCH3 is 1. The molecule has 0 saturated heterocycles. The maximum atomic E-state index is 6.52. The summed E-state index contributed by atoms with van der Waals surface area (Å²) in [5.74, 6) is 1.54. The van der Waals surface area contributed by atoms with Gasteiger partial charge in [0.2, 0.25) is 0 Å². The van der Waals surface area contributed by atoms with E-state index in [1.807, 2.05) is 12.1 Å². The van der Waals surface area contributed by atoms with E-state index in [1.165, 1.54) is 44.9 Å². The molecule has 0 amide bonds. The first-order valence-electron chi connectivity index (χ1n) is 8.33. The van der Waals surface area contributed by atoms with Gasteiger partial charge in [-0.1, -0.05) is 31.4 Å². The first-order chi connectivity index (χ1) is 10.3. The van der Waals surface area contributed by atoms with Crippen molar-refractivity contribution >= 4 is 0 Å². The Bertz CT molecular complexity index is 452. The Labute approximate surface area is 127 Å². The number of hydrogen-bond acceptors (Lipinski definition) is 3. The molecule has 0 heterocycles. The highest BCUT2D eigenvalue weighted by atomic mass is 16.5. The minimum Gasteiger partial charge on any atom is -0.490 e. The molecular weight excluding hydrogens is 262 g/mol. The fourth-order valence-corrected chi connectivity index (χ4v) is 3.46. The van der Waals surface area contributed by atoms with Crippen LogP contribution in [-0.4, -0.2) is 19.3 Å². The number of benzene rings is 1. The van der Waals surface area contributed by atoms with Crippen molar-refractivity contribution in [1.82, 2.24) is 0 Å². The summed E-state index contributed by atoms with van der Waals surface area (Å²) >= 11 is 0. The molecule has 1 aromatic rings. The van der Waals surface area contributed by atoms with E-state index in [4.69, 9.17) is 15.2 Å². The maximum absolute atomic E-state index is 6.52. The summed E-state index contributed by atoms with van der Waals surface area (Å²) in [4.78, 5) is 0. The van der Waals surface area contributed by atoms with Gasteiger partial charge in [-0.3, -0.25) is 0 Å². The molecule has 116 valence electrons. The highest BCUT2D eigenvalue weighted by molar-refractivity contribution is 5.31. The highest BCUT2D eigenvalue weighted by Gasteiger charge is 2.30. The van der Waals surface area contributed by atoms with Crippen molar-refractivity contribution < 1.29 is 9.47 Å². The maximum Gasteiger partial charge on any atom is 0.120 e. The molecule has 2 unspecified atom stereocenters. The zero-order valence-corrected chi connectivity index (χ0v) is 13.0. The van der Waals surface area contributed by atoms with Crippen LogP contribution in [0.1, 0.15) is 56.6 Å². The van der Waals surface area contributed by atoms with Crippen LogP contribution in [0.2, 0.25) is 0 Å². The van der Waals surface area contributed by atoms with Gasteiger partial charge in [-0.05, 0) is 49.3 Å². The van der Waals surface area contributed by atoms with E-state index < -0.39 is 0 Å². The second-order valence-electron chi connectivity index (χ2n) is 6.51. The average molecular weight is 289 g/mol. The Kier molecular flexibility index (Phi) is 4.81. The molecular formula is C18H27NO2. The van der Waals surface area contributed by atoms with Gasteiger partial charge in [-0.25, -0.2) is 0 Å². The van der Waals surface area contributed by atoms with Gasteiger partial charge < -0.3 is 15.2 Å². The van der Waals surface area contributed by atoms with Gasteiger partial charge in [0.1, 0.15) is 5.75 Å². The van der Waals surface area contributed by atoms with Gasteiger partial charge in [0.05, 0.1) is 18.2 Å². The van der Waals surface area contributed by atoms with E-state index in [-0.39, 0.29) is 12.1 Å². The zero-order valence-electron chi connectivity index (χ0n) is 13.0. The first kappa shape index (κ1) is 14.9. The molecule has 2 saturated carbocycles. The highest BCUT2D eigenvalue weighted by Crippen LogP contribution is 2.34. The Morgan fingerprint density at radius 1 is 1.10 bits per heavy atom. The van der Waals surface area contributed by atoms with E-state index in [2.05, 4.69) is 12.1 Å². The summed E-state index contributed by atoms with van der Waals surface area (Å²) in [5, 5.41) is 0. The van der Waals surface area contributed by atoms with Crippen LogP contribution < -0.4 is 10.5 Å². The molecule has 2 atom stereocenters. The smallest absolute Gasteiger partial charge is 0.120 e. The monoisotopic (exact) mass is 289 g/mol. The second-order valence-corrected chi connectivity index (χ2v) is 6.51. The van der Waals surface area contributed by atoms with Crippen molar-refractivity contribution in [3.8, 4) is 5.75 Å². The fraction of sp³-hybridized carbons (Fsp3) is 0.667. The normalized spacial score (nSPS) is 22.8. The molecule has 2 N–H and O–H groups in total. The van der Waals surface area contributed by atoms with E-state index in [0.717, 1.165) is 11.3 Å². The summed E-state index contributed by atoms with van der Waals surface area (Å²) in [6, 6.07) is 8.19. The fourth-order valence-electron chi connectivity index (χ4n) is 3.46. The molecule has 2 fully saturated rings. The zero-order chi connectivity index (χ0) is 14.7. The Hall–Kier alpha value is -1.06. The summed E-state index contributed by atoms with van der Waals surface area (Å²) in [5.41, 5.74) is 7.65. The van der Waals surface area contributed by atoms with Crippen LogP contribution >= 0.6 is 0 Å². The van der Waals surface area contributed by atoms with Gasteiger partial charge in [-0.15, -0.1) is 0 Å². The van der Waals surface area contributed by atoms with Crippen LogP contribution in [0.3, 0.4) is 0 Å². The lowest BCUT2D eigenvalue weighted by molar-refractivity contribution is 0.0172. The molecule has 3 heteroatoms. The third kappa shape index (κ3) is 3.78. The predicted molar refractivity (Wildman–Crippen MR) is 84.4 cm³/mol. The number of hydrogen-bond donors (Lipinski definition) is 1. The topological polar surface area (TPSA) is 44.5 Å². The van der Waals surface area contributed by atoms with Crippen molar-refractivity contribution in [3.05, 3.63) is 29.8 Å². The number of rotatable bonds is 6. The largest absolute Gasteiger partial charge is 0.490 e. The Balaban J connectivity index is 1.70. The van der Waals surface area contributed by atoms with Gasteiger partial charge in [0, 0.05) is 7.11 Å². The molecule has 3 nitrogen and oxygen atoms in total. The van der Waals surface area contributed by atoms with Gasteiger partial charge in [0.25, 0.3) is 0 Å². The van der Waals surface area contributed by atoms with E-state index >= 15 is 0 Å². The molecule has 0 bridgehead atoms. The van der Waals surface area contributed by atoms with Crippen molar-refractivity contribution in [2.45, 2.75) is 63.2 Å². The van der Waals surface area contributed by atoms with Crippen LogP contribution in [0, 0.1) is 5.92 Å². The molecule has 0 aromatic heterocycles. The quantitative estimate of drug-likeness (QED) is 0.865. The number of ether oxygens (including phenoxy) is 2. The van der Waals surface area contributed by atoms with Gasteiger partial charge in [0.15, 0.2) is 0 Å². The number of nitrogens with two attached hydrogens (primary N) is 1. The summed E-state index contributed by atoms with van der Waals surface area (Å²) in [6.07, 6.45) is 9.35. The van der Waals surface area contributed by atoms with Gasteiger partial charge >= 0.3 is 0 Å². The van der Waals surface area contributed by atoms with Crippen molar-refractivity contribution in [1.29, 1.82) is 0 Å². The van der Waals surface area contributed by atoms with Gasteiger partial charge in [-0.2, -0.15) is 0 Å². The minimum atomic E-state index is -0.0687. The van der Waals surface area contributed by atoms with E-state index in [9.17, 15) is 0 Å². The molecule has 0 aliphatic heterocycles. The molecule has 2 aliphatic carbocycles. The van der Waals surface area contributed by atoms with Crippen LogP contribution in [0.15, 0.2) is 24.3 Å². The molecule has 0 radical (unpaired) electrons. The molecule has 2 aliphatic rings. The molecule has 3 rings (SSSR count). The van der Waals surface area contributed by atoms with Crippen LogP contribution in [0.4, 0.5) is 0 Å². The standard InChI is InChI=1S/C18H27NO2/c1-20-18(13-6-3-2-4-7-13)17(19)14-8-5-9-16(12-14)21-15-10-11-15/h5,8-9,12-13,15,17-18H,2-4,6-7,10-11,19H2,1H3. The van der Waals surface area contributed by atoms with Crippen molar-refractivity contribution in [2.75, 3.05) is 7.11 Å². The van der Waals surface area contributed by atoms with Crippen molar-refractivity contribution in [3.63, 3.8) is 0 Å². The minimum absolute atomic E-state index is 0.0687. The van der Waals surface area contributed by atoms with E-state index in [0.29, 0.717) is 12.0 Å². The predicted octanol–water partition coefficient (Wildman–Crippen LogP) is 3.82. The Morgan fingerprint density at radius 2 is 1.86 bits per heavy atom. The third-order valence-electron chi connectivity index (χ3n) is 4.81. The lowest BCUT2D eigenvalue weighted by atomic mass is 9.81. The lowest BCUT2D eigenvalue weighted by Gasteiger charge is -2.33. The van der Waals surface area contributed by atoms with Crippen LogP contribution in [0.25, 0.3) is 0 Å². The van der Waals surface area contributed by atoms with Crippen molar-refractivity contribution in [2.24, 2.45) is 11.7 Å². The molecule has 21 heavy (non-hydrogen) atoms. The summed E-state index contributed by atoms with van der Waals surface area (Å²) < 4.78 is 11.7. The lowest BCUT2D eigenvalue weighted by Crippen LogP contribution is -2.35. The summed E-state index contributed by atoms with van der Waals surface area (Å²) in [6.45, 7) is 0. The summed E-state index contributed by atoms with van der Waals surface area (Å²) in [7, 11) is 1.80. The average Bonchev–Trinajstić information content (AvgIpc) is 3.33. The Morgan fingerprint density at radius 3 is 2.52 bits per heavy atom. The SMILES string of the molecule is COC(C1CCCCC1)C(N)c1cccc(OC2CC2)c1. The van der Waals surface area contributed by atoms with Crippen LogP contribution in [-0.2, 0) is 4.74 Å². The molecule has 0 spiro atoms. The van der Waals surface area contributed by atoms with E-state index in [1.54, 1.807) is 7.11 Å².